The summed E-state index contributed by atoms with van der Waals surface area (Å²) in [6.45, 7) is -0.409. The highest BCUT2D eigenvalue weighted by molar-refractivity contribution is 5.87. The van der Waals surface area contributed by atoms with E-state index in [1.165, 1.54) is 40.6 Å². The number of aliphatic hydroxyl groups excluding tert-OH is 1. The summed E-state index contributed by atoms with van der Waals surface area (Å²) in [6.07, 6.45) is 1.12. The number of hydrogen-bond donors (Lipinski definition) is 2. The molecular weight excluding hydrogens is 480 g/mol. The fraction of sp³-hybridized carbons (Fsp3) is 0.250. The van der Waals surface area contributed by atoms with Crippen molar-refractivity contribution in [2.75, 3.05) is 35.0 Å². The van der Waals surface area contributed by atoms with E-state index in [1.54, 1.807) is 60.7 Å². The number of carbonyl (C=O) groups is 1. The molecule has 0 saturated carbocycles. The third-order valence-corrected chi connectivity index (χ3v) is 5.45. The number of methoxy groups -OCH3 is 4. The van der Waals surface area contributed by atoms with Gasteiger partial charge in [-0.05, 0) is 48.0 Å². The first-order chi connectivity index (χ1) is 17.9. The monoisotopic (exact) mass is 510 g/mol. The van der Waals surface area contributed by atoms with Gasteiger partial charge in [-0.1, -0.05) is 24.3 Å². The molecule has 0 radical (unpaired) electrons. The van der Waals surface area contributed by atoms with Crippen LogP contribution in [0.2, 0.25) is 0 Å². The van der Waals surface area contributed by atoms with Crippen LogP contribution < -0.4 is 23.7 Å². The number of ether oxygens (including phenoxy) is 6. The van der Waals surface area contributed by atoms with E-state index in [2.05, 4.69) is 4.74 Å². The minimum absolute atomic E-state index is 0.0458. The maximum Gasteiger partial charge on any atom is 0.330 e. The van der Waals surface area contributed by atoms with Crippen LogP contribution in [0, 0.1) is 0 Å². The Bertz CT molecular complexity index is 1220. The van der Waals surface area contributed by atoms with Gasteiger partial charge in [-0.2, -0.15) is 0 Å². The molecule has 0 heterocycles. The molecule has 3 rings (SSSR count). The lowest BCUT2D eigenvalue weighted by Gasteiger charge is -2.29. The van der Waals surface area contributed by atoms with Crippen molar-refractivity contribution < 1.29 is 43.4 Å². The van der Waals surface area contributed by atoms with E-state index in [1.807, 2.05) is 0 Å². The highest BCUT2D eigenvalue weighted by Gasteiger charge is 2.29. The topological polar surface area (TPSA) is 113 Å². The van der Waals surface area contributed by atoms with Crippen LogP contribution in [0.15, 0.2) is 66.7 Å². The summed E-state index contributed by atoms with van der Waals surface area (Å²) >= 11 is 0. The number of aromatic hydroxyl groups is 1. The van der Waals surface area contributed by atoms with Crippen LogP contribution in [-0.4, -0.2) is 57.3 Å². The van der Waals surface area contributed by atoms with Crippen molar-refractivity contribution in [3.05, 3.63) is 77.9 Å². The molecule has 0 aliphatic carbocycles. The number of esters is 1. The average Bonchev–Trinajstić information content (AvgIpc) is 2.94. The number of benzene rings is 3. The first-order valence-electron chi connectivity index (χ1n) is 11.3. The molecule has 0 fully saturated rings. The van der Waals surface area contributed by atoms with E-state index in [0.29, 0.717) is 34.1 Å². The van der Waals surface area contributed by atoms with Crippen molar-refractivity contribution in [2.45, 2.75) is 12.2 Å². The Hall–Kier alpha value is -4.37. The van der Waals surface area contributed by atoms with E-state index in [-0.39, 0.29) is 11.5 Å². The molecule has 3 aromatic rings. The van der Waals surface area contributed by atoms with Crippen LogP contribution in [0.1, 0.15) is 17.2 Å². The van der Waals surface area contributed by atoms with Crippen LogP contribution >= 0.6 is 0 Å². The Morgan fingerprint density at radius 2 is 1.49 bits per heavy atom. The molecule has 0 aliphatic rings. The molecule has 9 heteroatoms. The second-order valence-corrected chi connectivity index (χ2v) is 7.73. The van der Waals surface area contributed by atoms with Crippen molar-refractivity contribution in [1.82, 2.24) is 0 Å². The molecule has 0 aromatic heterocycles. The number of aliphatic hydroxyl groups is 1. The second-order valence-electron chi connectivity index (χ2n) is 7.73. The van der Waals surface area contributed by atoms with E-state index < -0.39 is 24.8 Å². The maximum atomic E-state index is 11.4. The van der Waals surface area contributed by atoms with Gasteiger partial charge in [-0.3, -0.25) is 0 Å². The molecule has 0 spiro atoms. The van der Waals surface area contributed by atoms with Crippen molar-refractivity contribution in [2.24, 2.45) is 0 Å². The predicted octanol–water partition coefficient (Wildman–Crippen LogP) is 4.16. The summed E-state index contributed by atoms with van der Waals surface area (Å²) in [5.41, 5.74) is 1.25. The zero-order chi connectivity index (χ0) is 26.8. The van der Waals surface area contributed by atoms with E-state index >= 15 is 0 Å². The molecule has 9 nitrogen and oxygen atoms in total. The summed E-state index contributed by atoms with van der Waals surface area (Å²) in [6, 6.07) is 16.9. The Kier molecular flexibility index (Phi) is 9.62. The molecule has 2 N–H and O–H groups in total. The molecule has 0 amide bonds. The zero-order valence-electron chi connectivity index (χ0n) is 21.0. The third kappa shape index (κ3) is 6.86. The first-order valence-corrected chi connectivity index (χ1v) is 11.3. The molecule has 37 heavy (non-hydrogen) atoms. The molecule has 2 atom stereocenters. The fourth-order valence-corrected chi connectivity index (χ4v) is 3.56. The van der Waals surface area contributed by atoms with Gasteiger partial charge in [-0.15, -0.1) is 0 Å². The van der Waals surface area contributed by atoms with E-state index in [4.69, 9.17) is 23.7 Å². The Labute approximate surface area is 215 Å². The highest BCUT2D eigenvalue weighted by atomic mass is 16.6. The maximum absolute atomic E-state index is 11.4. The molecule has 0 saturated heterocycles. The number of rotatable bonds is 12. The van der Waals surface area contributed by atoms with Crippen molar-refractivity contribution in [1.29, 1.82) is 0 Å². The average molecular weight is 511 g/mol. The number of phenols is 1. The summed E-state index contributed by atoms with van der Waals surface area (Å²) in [7, 11) is 5.75. The van der Waals surface area contributed by atoms with Crippen LogP contribution in [0.25, 0.3) is 6.08 Å². The standard InChI is InChI=1S/C28H30O9/c1-32-21-7-5-6-8-22(21)36-26(17-29)28(19-11-12-20(30)24(16-19)33-2)37-23-13-9-18(15-25(23)34-3)10-14-27(31)35-4/h5-16,26,28-30H,17H2,1-4H3/b14-10+/t26-,28+/m0/s1. The van der Waals surface area contributed by atoms with Gasteiger partial charge in [0.25, 0.3) is 0 Å². The Morgan fingerprint density at radius 3 is 2.14 bits per heavy atom. The van der Waals surface area contributed by atoms with Gasteiger partial charge in [0.15, 0.2) is 46.7 Å². The quantitative estimate of drug-likeness (QED) is 0.274. The zero-order valence-corrected chi connectivity index (χ0v) is 21.0. The van der Waals surface area contributed by atoms with Crippen molar-refractivity contribution in [3.63, 3.8) is 0 Å². The summed E-state index contributed by atoms with van der Waals surface area (Å²) in [4.78, 5) is 11.4. The summed E-state index contributed by atoms with van der Waals surface area (Å²) in [5.74, 6) is 1.35. The minimum Gasteiger partial charge on any atom is -0.504 e. The van der Waals surface area contributed by atoms with Gasteiger partial charge in [-0.25, -0.2) is 4.79 Å². The summed E-state index contributed by atoms with van der Waals surface area (Å²) < 4.78 is 33.3. The SMILES string of the molecule is COC(=O)/C=C/c1ccc(O[C@H](c2ccc(O)c(OC)c2)[C@H](CO)Oc2ccccc2OC)c(OC)c1. The number of carbonyl (C=O) groups excluding carboxylic acids is 1. The Balaban J connectivity index is 2.02. The lowest BCUT2D eigenvalue weighted by Crippen LogP contribution is -2.33. The van der Waals surface area contributed by atoms with Gasteiger partial charge < -0.3 is 38.6 Å². The Morgan fingerprint density at radius 1 is 0.811 bits per heavy atom. The predicted molar refractivity (Wildman–Crippen MR) is 137 cm³/mol. The number of hydrogen-bond acceptors (Lipinski definition) is 9. The second kappa shape index (κ2) is 13.1. The third-order valence-electron chi connectivity index (χ3n) is 5.45. The van der Waals surface area contributed by atoms with E-state index in [0.717, 1.165) is 0 Å². The van der Waals surface area contributed by atoms with Crippen molar-refractivity contribution in [3.8, 4) is 34.5 Å². The largest absolute Gasteiger partial charge is 0.504 e. The van der Waals surface area contributed by atoms with Crippen molar-refractivity contribution >= 4 is 12.0 Å². The smallest absolute Gasteiger partial charge is 0.330 e. The minimum atomic E-state index is -0.894. The summed E-state index contributed by atoms with van der Waals surface area (Å²) in [5, 5.41) is 20.5. The van der Waals surface area contributed by atoms with Crippen LogP contribution in [0.4, 0.5) is 0 Å². The van der Waals surface area contributed by atoms with Gasteiger partial charge in [0.1, 0.15) is 0 Å². The van der Waals surface area contributed by atoms with Gasteiger partial charge in [0, 0.05) is 11.6 Å². The lowest BCUT2D eigenvalue weighted by molar-refractivity contribution is -0.134. The van der Waals surface area contributed by atoms with Gasteiger partial charge in [0.05, 0.1) is 35.0 Å². The van der Waals surface area contributed by atoms with Crippen LogP contribution in [0.3, 0.4) is 0 Å². The molecule has 0 aliphatic heterocycles. The first kappa shape index (κ1) is 27.2. The van der Waals surface area contributed by atoms with Gasteiger partial charge in [0.2, 0.25) is 0 Å². The fourth-order valence-electron chi connectivity index (χ4n) is 3.56. The van der Waals surface area contributed by atoms with Gasteiger partial charge >= 0.3 is 5.97 Å². The van der Waals surface area contributed by atoms with Crippen LogP contribution in [0.5, 0.6) is 34.5 Å². The molecule has 196 valence electrons. The molecule has 0 bridgehead atoms. The lowest BCUT2D eigenvalue weighted by atomic mass is 10.0. The van der Waals surface area contributed by atoms with E-state index in [9.17, 15) is 15.0 Å². The molecule has 3 aromatic carbocycles. The highest BCUT2D eigenvalue weighted by Crippen LogP contribution is 2.38. The van der Waals surface area contributed by atoms with Crippen LogP contribution in [-0.2, 0) is 9.53 Å². The molecule has 0 unspecified atom stereocenters. The normalized spacial score (nSPS) is 12.5. The number of para-hydroxylation sites is 2. The molecular formula is C28H30O9. The number of phenolic OH excluding ortho intramolecular Hbond substituents is 1.